The number of hydrogen-bond acceptors (Lipinski definition) is 6. The molecule has 2 amide bonds. The van der Waals surface area contributed by atoms with Crippen LogP contribution in [0.1, 0.15) is 20.7 Å². The molecule has 2 aromatic rings. The molecule has 144 valence electrons. The van der Waals surface area contributed by atoms with Crippen molar-refractivity contribution < 1.29 is 24.4 Å². The van der Waals surface area contributed by atoms with Crippen molar-refractivity contribution in [2.24, 2.45) is 0 Å². The number of carbonyl (C=O) groups excluding carboxylic acids is 2. The maximum Gasteiger partial charge on any atom is 0.322 e. The van der Waals surface area contributed by atoms with Crippen molar-refractivity contribution in [1.82, 2.24) is 10.6 Å². The second-order valence-electron chi connectivity index (χ2n) is 5.37. The maximum atomic E-state index is 12.1. The third-order valence-electron chi connectivity index (χ3n) is 3.35. The number of nitrogens with zero attached hydrogens (tertiary/aromatic N) is 1. The summed E-state index contributed by atoms with van der Waals surface area (Å²) < 4.78 is 0. The van der Waals surface area contributed by atoms with Crippen molar-refractivity contribution in [3.8, 4) is 0 Å². The summed E-state index contributed by atoms with van der Waals surface area (Å²) in [7, 11) is 0. The number of nitro benzene ring substituents is 1. The van der Waals surface area contributed by atoms with E-state index in [0.29, 0.717) is 5.69 Å². The highest BCUT2D eigenvalue weighted by Crippen LogP contribution is 2.13. The Bertz CT molecular complexity index is 945. The van der Waals surface area contributed by atoms with Crippen LogP contribution in [0.3, 0.4) is 0 Å². The van der Waals surface area contributed by atoms with Gasteiger partial charge in [0.25, 0.3) is 17.5 Å². The first-order valence-electron chi connectivity index (χ1n) is 7.73. The predicted molar refractivity (Wildman–Crippen MR) is 103 cm³/mol. The van der Waals surface area contributed by atoms with E-state index in [4.69, 9.17) is 17.3 Å². The van der Waals surface area contributed by atoms with Gasteiger partial charge in [0, 0.05) is 28.9 Å². The Morgan fingerprint density at radius 3 is 2.32 bits per heavy atom. The fourth-order valence-electron chi connectivity index (χ4n) is 2.06. The first-order valence-corrected chi connectivity index (χ1v) is 8.14. The highest BCUT2D eigenvalue weighted by atomic mass is 32.1. The lowest BCUT2D eigenvalue weighted by Gasteiger charge is -2.10. The molecule has 0 aliphatic rings. The van der Waals surface area contributed by atoms with E-state index in [9.17, 15) is 24.5 Å². The number of anilines is 1. The number of aliphatic carboxylic acids is 1. The molecule has 11 heteroatoms. The molecule has 0 aliphatic heterocycles. The summed E-state index contributed by atoms with van der Waals surface area (Å²) in [6.07, 6.45) is 0. The number of hydrogen-bond donors (Lipinski definition) is 4. The molecule has 0 fully saturated rings. The minimum Gasteiger partial charge on any atom is -0.480 e. The van der Waals surface area contributed by atoms with Crippen molar-refractivity contribution >= 4 is 46.5 Å². The number of amides is 2. The standard InChI is InChI=1S/C17H14N4O6S/c22-14(23)9-18-15(24)10-4-6-12(7-5-10)19-17(28)20-16(25)11-2-1-3-13(8-11)21(26)27/h1-8H,9H2,(H,18,24)(H,22,23)(H2,19,20,25,28). The Morgan fingerprint density at radius 1 is 1.04 bits per heavy atom. The highest BCUT2D eigenvalue weighted by Gasteiger charge is 2.13. The van der Waals surface area contributed by atoms with Crippen molar-refractivity contribution in [2.45, 2.75) is 0 Å². The zero-order chi connectivity index (χ0) is 20.7. The Kier molecular flexibility index (Phi) is 6.71. The van der Waals surface area contributed by atoms with Gasteiger partial charge in [0.05, 0.1) is 4.92 Å². The molecule has 0 heterocycles. The molecule has 0 saturated heterocycles. The first kappa shape index (κ1) is 20.5. The predicted octanol–water partition coefficient (Wildman–Crippen LogP) is 1.54. The average molecular weight is 402 g/mol. The second-order valence-corrected chi connectivity index (χ2v) is 5.78. The number of carboxylic acids is 1. The molecule has 0 atom stereocenters. The summed E-state index contributed by atoms with van der Waals surface area (Å²) in [5.41, 5.74) is 0.574. The maximum absolute atomic E-state index is 12.1. The molecule has 0 bridgehead atoms. The van der Waals surface area contributed by atoms with Crippen LogP contribution in [0.15, 0.2) is 48.5 Å². The van der Waals surface area contributed by atoms with E-state index in [2.05, 4.69) is 16.0 Å². The summed E-state index contributed by atoms with van der Waals surface area (Å²) >= 11 is 5.03. The van der Waals surface area contributed by atoms with Gasteiger partial charge in [0.15, 0.2) is 5.11 Å². The summed E-state index contributed by atoms with van der Waals surface area (Å²) in [4.78, 5) is 44.5. The molecule has 0 aromatic heterocycles. The van der Waals surface area contributed by atoms with Crippen molar-refractivity contribution in [1.29, 1.82) is 0 Å². The summed E-state index contributed by atoms with van der Waals surface area (Å²) in [6, 6.07) is 11.1. The molecular formula is C17H14N4O6S. The van der Waals surface area contributed by atoms with Crippen molar-refractivity contribution in [3.63, 3.8) is 0 Å². The molecule has 0 aliphatic carbocycles. The number of carbonyl (C=O) groups is 3. The summed E-state index contributed by atoms with van der Waals surface area (Å²) in [5, 5.41) is 26.6. The first-order chi connectivity index (χ1) is 13.3. The fourth-order valence-corrected chi connectivity index (χ4v) is 2.27. The van der Waals surface area contributed by atoms with Crippen LogP contribution >= 0.6 is 12.2 Å². The van der Waals surface area contributed by atoms with Gasteiger partial charge in [-0.3, -0.25) is 29.8 Å². The molecule has 0 radical (unpaired) electrons. The van der Waals surface area contributed by atoms with Crippen molar-refractivity contribution in [3.05, 3.63) is 69.8 Å². The van der Waals surface area contributed by atoms with Crippen molar-refractivity contribution in [2.75, 3.05) is 11.9 Å². The third kappa shape index (κ3) is 5.85. The van der Waals surface area contributed by atoms with Crippen LogP contribution < -0.4 is 16.0 Å². The molecule has 4 N–H and O–H groups in total. The van der Waals surface area contributed by atoms with Gasteiger partial charge in [-0.2, -0.15) is 0 Å². The molecule has 28 heavy (non-hydrogen) atoms. The SMILES string of the molecule is O=C(O)CNC(=O)c1ccc(NC(=S)NC(=O)c2cccc([N+](=O)[O-])c2)cc1. The van der Waals surface area contributed by atoms with E-state index in [1.807, 2.05) is 0 Å². The second kappa shape index (κ2) is 9.19. The number of nitro groups is 1. The number of rotatable bonds is 6. The monoisotopic (exact) mass is 402 g/mol. The van der Waals surface area contributed by atoms with Gasteiger partial charge < -0.3 is 15.7 Å². The minimum absolute atomic E-state index is 0.0421. The lowest BCUT2D eigenvalue weighted by atomic mass is 10.2. The number of nitrogens with one attached hydrogen (secondary N) is 3. The smallest absolute Gasteiger partial charge is 0.322 e. The van der Waals surface area contributed by atoms with Gasteiger partial charge in [0.2, 0.25) is 0 Å². The molecular weight excluding hydrogens is 388 g/mol. The lowest BCUT2D eigenvalue weighted by Crippen LogP contribution is -2.34. The third-order valence-corrected chi connectivity index (χ3v) is 3.56. The largest absolute Gasteiger partial charge is 0.480 e. The van der Waals surface area contributed by atoms with Crippen LogP contribution in [-0.2, 0) is 4.79 Å². The van der Waals surface area contributed by atoms with E-state index in [1.165, 1.54) is 42.5 Å². The molecule has 2 rings (SSSR count). The van der Waals surface area contributed by atoms with Crippen LogP contribution in [-0.4, -0.2) is 39.5 Å². The Labute approximate surface area is 163 Å². The molecule has 0 saturated carbocycles. The van der Waals surface area contributed by atoms with Gasteiger partial charge in [-0.05, 0) is 42.5 Å². The number of carboxylic acid groups (broad SMARTS) is 1. The Morgan fingerprint density at radius 2 is 1.71 bits per heavy atom. The highest BCUT2D eigenvalue weighted by molar-refractivity contribution is 7.80. The van der Waals surface area contributed by atoms with Gasteiger partial charge in [-0.1, -0.05) is 6.07 Å². The summed E-state index contributed by atoms with van der Waals surface area (Å²) in [5.74, 6) is -2.32. The van der Waals surface area contributed by atoms with Crippen LogP contribution in [0.4, 0.5) is 11.4 Å². The molecule has 0 unspecified atom stereocenters. The minimum atomic E-state index is -1.16. The number of non-ortho nitro benzene ring substituents is 1. The van der Waals surface area contributed by atoms with Crippen LogP contribution in [0.25, 0.3) is 0 Å². The Hall–Kier alpha value is -3.86. The average Bonchev–Trinajstić information content (AvgIpc) is 2.66. The summed E-state index contributed by atoms with van der Waals surface area (Å²) in [6.45, 7) is -0.493. The van der Waals surface area contributed by atoms with Crippen LogP contribution in [0.5, 0.6) is 0 Å². The number of thiocarbonyl (C=S) groups is 1. The van der Waals surface area contributed by atoms with Gasteiger partial charge in [-0.25, -0.2) is 0 Å². The van der Waals surface area contributed by atoms with E-state index in [0.717, 1.165) is 6.07 Å². The normalized spacial score (nSPS) is 9.86. The fraction of sp³-hybridized carbons (Fsp3) is 0.0588. The quantitative estimate of drug-likeness (QED) is 0.323. The number of benzene rings is 2. The lowest BCUT2D eigenvalue weighted by molar-refractivity contribution is -0.384. The van der Waals surface area contributed by atoms with E-state index in [-0.39, 0.29) is 21.9 Å². The zero-order valence-electron chi connectivity index (χ0n) is 14.2. The van der Waals surface area contributed by atoms with E-state index >= 15 is 0 Å². The molecule has 2 aromatic carbocycles. The van der Waals surface area contributed by atoms with Gasteiger partial charge in [-0.15, -0.1) is 0 Å². The van der Waals surface area contributed by atoms with E-state index < -0.39 is 29.3 Å². The topological polar surface area (TPSA) is 151 Å². The van der Waals surface area contributed by atoms with E-state index in [1.54, 1.807) is 0 Å². The van der Waals surface area contributed by atoms with Crippen LogP contribution in [0, 0.1) is 10.1 Å². The van der Waals surface area contributed by atoms with Gasteiger partial charge in [0.1, 0.15) is 6.54 Å². The molecule has 10 nitrogen and oxygen atoms in total. The van der Waals surface area contributed by atoms with Gasteiger partial charge >= 0.3 is 5.97 Å². The van der Waals surface area contributed by atoms with Crippen LogP contribution in [0.2, 0.25) is 0 Å². The zero-order valence-corrected chi connectivity index (χ0v) is 15.0. The molecule has 0 spiro atoms. The Balaban J connectivity index is 1.94.